The molecule has 2 N–H and O–H groups in total. The lowest BCUT2D eigenvalue weighted by atomic mass is 9.94. The fourth-order valence-corrected chi connectivity index (χ4v) is 2.29. The van der Waals surface area contributed by atoms with E-state index < -0.39 is 5.60 Å². The molecule has 1 aromatic rings. The second-order valence-electron chi connectivity index (χ2n) is 5.43. The van der Waals surface area contributed by atoms with Gasteiger partial charge in [-0.15, -0.1) is 0 Å². The zero-order valence-electron chi connectivity index (χ0n) is 11.1. The maximum atomic E-state index is 13.4. The monoisotopic (exact) mass is 273 g/mol. The number of halogens is 2. The van der Waals surface area contributed by atoms with E-state index in [1.165, 1.54) is 12.1 Å². The number of hydrogen-bond donors (Lipinski definition) is 2. The number of benzene rings is 1. The summed E-state index contributed by atoms with van der Waals surface area (Å²) in [6.07, 6.45) is 0.706. The second-order valence-corrected chi connectivity index (χ2v) is 5.87. The fourth-order valence-electron chi connectivity index (χ4n) is 2.10. The van der Waals surface area contributed by atoms with E-state index in [0.717, 1.165) is 0 Å². The van der Waals surface area contributed by atoms with Crippen molar-refractivity contribution < 1.29 is 9.50 Å². The molecule has 0 saturated heterocycles. The summed E-state index contributed by atoms with van der Waals surface area (Å²) in [5.41, 5.74) is -0.258. The first-order valence-electron chi connectivity index (χ1n) is 6.17. The molecule has 0 fully saturated rings. The molecule has 0 bridgehead atoms. The summed E-state index contributed by atoms with van der Waals surface area (Å²) in [4.78, 5) is 0. The lowest BCUT2D eigenvalue weighted by Gasteiger charge is -2.25. The van der Waals surface area contributed by atoms with Gasteiger partial charge in [0.25, 0.3) is 0 Å². The van der Waals surface area contributed by atoms with Gasteiger partial charge in [0.15, 0.2) is 0 Å². The first kappa shape index (κ1) is 15.4. The molecule has 2 nitrogen and oxygen atoms in total. The lowest BCUT2D eigenvalue weighted by Crippen LogP contribution is -2.38. The van der Waals surface area contributed by atoms with Crippen molar-refractivity contribution in [3.05, 3.63) is 34.6 Å². The summed E-state index contributed by atoms with van der Waals surface area (Å²) in [5, 5.41) is 13.7. The summed E-state index contributed by atoms with van der Waals surface area (Å²) in [5.74, 6) is 0.139. The molecule has 1 aromatic carbocycles. The first-order valence-corrected chi connectivity index (χ1v) is 6.55. The summed E-state index contributed by atoms with van der Waals surface area (Å²) in [7, 11) is 0. The summed E-state index contributed by atoms with van der Waals surface area (Å²) >= 11 is 5.81. The van der Waals surface area contributed by atoms with Crippen LogP contribution in [0.5, 0.6) is 0 Å². The van der Waals surface area contributed by atoms with Gasteiger partial charge in [0.1, 0.15) is 5.82 Å². The van der Waals surface area contributed by atoms with Crippen molar-refractivity contribution in [2.24, 2.45) is 5.92 Å². The standard InChI is InChI=1S/C14H21ClFNO/c1-10(2)7-14(3,18)9-17-8-11-6-12(15)4-5-13(11)16/h4-6,10,17-18H,7-9H2,1-3H3. The Labute approximate surface area is 113 Å². The molecule has 0 aliphatic carbocycles. The number of nitrogens with one attached hydrogen (secondary N) is 1. The summed E-state index contributed by atoms with van der Waals surface area (Å²) in [6.45, 7) is 6.70. The lowest BCUT2D eigenvalue weighted by molar-refractivity contribution is 0.0382. The van der Waals surface area contributed by atoms with Crippen LogP contribution in [0.3, 0.4) is 0 Å². The van der Waals surface area contributed by atoms with Gasteiger partial charge < -0.3 is 10.4 Å². The van der Waals surface area contributed by atoms with E-state index in [1.54, 1.807) is 13.0 Å². The quantitative estimate of drug-likeness (QED) is 0.833. The normalized spacial score (nSPS) is 14.8. The van der Waals surface area contributed by atoms with Gasteiger partial charge in [-0.3, -0.25) is 0 Å². The molecule has 0 amide bonds. The summed E-state index contributed by atoms with van der Waals surface area (Å²) in [6, 6.07) is 4.47. The van der Waals surface area contributed by atoms with Crippen LogP contribution in [0.25, 0.3) is 0 Å². The van der Waals surface area contributed by atoms with Crippen molar-refractivity contribution in [1.82, 2.24) is 5.32 Å². The molecule has 4 heteroatoms. The smallest absolute Gasteiger partial charge is 0.127 e. The van der Waals surface area contributed by atoms with E-state index >= 15 is 0 Å². The third-order valence-electron chi connectivity index (χ3n) is 2.68. The zero-order valence-corrected chi connectivity index (χ0v) is 11.9. The molecule has 102 valence electrons. The Morgan fingerprint density at radius 2 is 2.11 bits per heavy atom. The van der Waals surface area contributed by atoms with E-state index in [4.69, 9.17) is 11.6 Å². The third-order valence-corrected chi connectivity index (χ3v) is 2.91. The molecule has 0 aliphatic heterocycles. The van der Waals surface area contributed by atoms with Gasteiger partial charge in [0.05, 0.1) is 5.60 Å². The molecule has 0 radical (unpaired) electrons. The van der Waals surface area contributed by atoms with E-state index in [2.05, 4.69) is 19.2 Å². The Morgan fingerprint density at radius 3 is 2.72 bits per heavy atom. The minimum absolute atomic E-state index is 0.282. The molecule has 18 heavy (non-hydrogen) atoms. The predicted octanol–water partition coefficient (Wildman–Crippen LogP) is 3.37. The fraction of sp³-hybridized carbons (Fsp3) is 0.571. The van der Waals surface area contributed by atoms with Gasteiger partial charge in [-0.25, -0.2) is 4.39 Å². The van der Waals surface area contributed by atoms with Gasteiger partial charge in [0.2, 0.25) is 0 Å². The van der Waals surface area contributed by atoms with Gasteiger partial charge >= 0.3 is 0 Å². The van der Waals surface area contributed by atoms with Crippen LogP contribution in [0.4, 0.5) is 4.39 Å². The molecule has 1 atom stereocenters. The highest BCUT2D eigenvalue weighted by molar-refractivity contribution is 6.30. The van der Waals surface area contributed by atoms with Crippen LogP contribution in [0.15, 0.2) is 18.2 Å². The minimum Gasteiger partial charge on any atom is -0.389 e. The molecule has 0 aromatic heterocycles. The second kappa shape index (κ2) is 6.50. The maximum Gasteiger partial charge on any atom is 0.127 e. The molecule has 0 aliphatic rings. The molecule has 1 unspecified atom stereocenters. The Balaban J connectivity index is 2.48. The van der Waals surface area contributed by atoms with Crippen LogP contribution >= 0.6 is 11.6 Å². The Kier molecular flexibility index (Phi) is 5.57. The molecular formula is C14H21ClFNO. The van der Waals surface area contributed by atoms with Gasteiger partial charge in [-0.05, 0) is 37.5 Å². The van der Waals surface area contributed by atoms with Gasteiger partial charge in [0, 0.05) is 23.7 Å². The average molecular weight is 274 g/mol. The maximum absolute atomic E-state index is 13.4. The van der Waals surface area contributed by atoms with E-state index in [9.17, 15) is 9.50 Å². The first-order chi connectivity index (χ1) is 8.30. The third kappa shape index (κ3) is 5.34. The van der Waals surface area contributed by atoms with E-state index in [-0.39, 0.29) is 5.82 Å². The van der Waals surface area contributed by atoms with Crippen LogP contribution < -0.4 is 5.32 Å². The van der Waals surface area contributed by atoms with Crippen LogP contribution in [-0.2, 0) is 6.54 Å². The number of rotatable bonds is 6. The topological polar surface area (TPSA) is 32.3 Å². The van der Waals surface area contributed by atoms with Crippen molar-refractivity contribution in [2.45, 2.75) is 39.3 Å². The van der Waals surface area contributed by atoms with E-state index in [0.29, 0.717) is 36.0 Å². The van der Waals surface area contributed by atoms with Crippen LogP contribution in [0.1, 0.15) is 32.8 Å². The highest BCUT2D eigenvalue weighted by Gasteiger charge is 2.21. The van der Waals surface area contributed by atoms with Crippen molar-refractivity contribution in [3.63, 3.8) is 0 Å². The predicted molar refractivity (Wildman–Crippen MR) is 73.2 cm³/mol. The molecule has 0 heterocycles. The van der Waals surface area contributed by atoms with Gasteiger partial charge in [-0.1, -0.05) is 25.4 Å². The highest BCUT2D eigenvalue weighted by Crippen LogP contribution is 2.17. The van der Waals surface area contributed by atoms with Crippen LogP contribution in [0.2, 0.25) is 5.02 Å². The minimum atomic E-state index is -0.775. The highest BCUT2D eigenvalue weighted by atomic mass is 35.5. The number of hydrogen-bond acceptors (Lipinski definition) is 2. The van der Waals surface area contributed by atoms with Crippen molar-refractivity contribution >= 4 is 11.6 Å². The Bertz CT molecular complexity index is 393. The van der Waals surface area contributed by atoms with Crippen molar-refractivity contribution in [3.8, 4) is 0 Å². The van der Waals surface area contributed by atoms with Crippen molar-refractivity contribution in [1.29, 1.82) is 0 Å². The van der Waals surface area contributed by atoms with Crippen LogP contribution in [-0.4, -0.2) is 17.3 Å². The largest absolute Gasteiger partial charge is 0.389 e. The number of aliphatic hydroxyl groups is 1. The Hall–Kier alpha value is -0.640. The van der Waals surface area contributed by atoms with Crippen LogP contribution in [0, 0.1) is 11.7 Å². The van der Waals surface area contributed by atoms with Crippen molar-refractivity contribution in [2.75, 3.05) is 6.54 Å². The van der Waals surface area contributed by atoms with E-state index in [1.807, 2.05) is 0 Å². The average Bonchev–Trinajstić information content (AvgIpc) is 2.21. The molecule has 0 saturated carbocycles. The molecule has 1 rings (SSSR count). The SMILES string of the molecule is CC(C)CC(C)(O)CNCc1cc(Cl)ccc1F. The Morgan fingerprint density at radius 1 is 1.44 bits per heavy atom. The molecule has 0 spiro atoms. The van der Waals surface area contributed by atoms with Gasteiger partial charge in [-0.2, -0.15) is 0 Å². The molecular weight excluding hydrogens is 253 g/mol. The zero-order chi connectivity index (χ0) is 13.8. The summed E-state index contributed by atoms with van der Waals surface area (Å²) < 4.78 is 13.4.